The number of carbonyl (C=O) groups is 2. The molecule has 0 aliphatic heterocycles. The summed E-state index contributed by atoms with van der Waals surface area (Å²) in [5, 5.41) is 21.1. The highest BCUT2D eigenvalue weighted by Crippen LogP contribution is 2.27. The Morgan fingerprint density at radius 3 is 2.42 bits per heavy atom. The molecule has 0 unspecified atom stereocenters. The number of benzene rings is 2. The van der Waals surface area contributed by atoms with Crippen LogP contribution in [0.4, 0.5) is 8.78 Å². The van der Waals surface area contributed by atoms with Crippen molar-refractivity contribution in [2.45, 2.75) is 17.9 Å². The molecule has 10 heteroatoms. The summed E-state index contributed by atoms with van der Waals surface area (Å²) >= 11 is -1.71. The van der Waals surface area contributed by atoms with Crippen LogP contribution in [0.3, 0.4) is 0 Å². The van der Waals surface area contributed by atoms with E-state index in [-0.39, 0.29) is 16.6 Å². The second kappa shape index (κ2) is 9.04. The number of carboxylic acids is 1. The first-order valence-electron chi connectivity index (χ1n) is 9.20. The van der Waals surface area contributed by atoms with E-state index < -0.39 is 53.1 Å². The molecule has 0 spiro atoms. The Balaban J connectivity index is 1.84. The van der Waals surface area contributed by atoms with Gasteiger partial charge in [-0.3, -0.25) is 4.79 Å². The molecule has 0 radical (unpaired) electrons. The minimum absolute atomic E-state index is 0.0263. The minimum Gasteiger partial charge on any atom is -0.611 e. The van der Waals surface area contributed by atoms with Gasteiger partial charge in [-0.1, -0.05) is 12.1 Å². The van der Waals surface area contributed by atoms with Crippen LogP contribution in [0.2, 0.25) is 0 Å². The second-order valence-electron chi connectivity index (χ2n) is 7.00. The molecule has 1 heterocycles. The van der Waals surface area contributed by atoms with Crippen molar-refractivity contribution in [3.05, 3.63) is 64.9 Å². The molecule has 2 aromatic carbocycles. The fourth-order valence-corrected chi connectivity index (χ4v) is 4.09. The van der Waals surface area contributed by atoms with Crippen molar-refractivity contribution in [3.8, 4) is 0 Å². The Morgan fingerprint density at radius 2 is 1.84 bits per heavy atom. The number of nitrogens with one attached hydrogen (secondary N) is 1. The smallest absolute Gasteiger partial charge is 0.354 e. The average molecular weight is 450 g/mol. The monoisotopic (exact) mass is 450 g/mol. The van der Waals surface area contributed by atoms with E-state index in [4.69, 9.17) is 5.11 Å². The Morgan fingerprint density at radius 1 is 1.19 bits per heavy atom. The van der Waals surface area contributed by atoms with Gasteiger partial charge in [-0.2, -0.15) is 0 Å². The van der Waals surface area contributed by atoms with Gasteiger partial charge in [0.1, 0.15) is 5.69 Å². The molecule has 0 aliphatic carbocycles. The first-order chi connectivity index (χ1) is 14.6. The fourth-order valence-electron chi connectivity index (χ4n) is 3.26. The molecule has 0 bridgehead atoms. The van der Waals surface area contributed by atoms with E-state index >= 15 is 0 Å². The van der Waals surface area contributed by atoms with Gasteiger partial charge in [-0.05, 0) is 53.5 Å². The zero-order chi connectivity index (χ0) is 22.9. The number of aromatic nitrogens is 1. The van der Waals surface area contributed by atoms with Crippen LogP contribution in [0.25, 0.3) is 10.9 Å². The number of aryl methyl sites for hydroxylation is 2. The Hall–Kier alpha value is -2.95. The largest absolute Gasteiger partial charge is 0.611 e. The van der Waals surface area contributed by atoms with Crippen LogP contribution >= 0.6 is 0 Å². The molecule has 0 saturated carbocycles. The zero-order valence-electron chi connectivity index (χ0n) is 16.7. The number of nitrogens with zero attached hydrogens (tertiary/aromatic N) is 1. The maximum absolute atomic E-state index is 14.3. The summed E-state index contributed by atoms with van der Waals surface area (Å²) in [5.74, 6) is -4.33. The van der Waals surface area contributed by atoms with Crippen molar-refractivity contribution in [2.75, 3.05) is 12.4 Å². The van der Waals surface area contributed by atoms with Crippen LogP contribution in [0.1, 0.15) is 27.7 Å². The molecule has 1 amide bonds. The summed E-state index contributed by atoms with van der Waals surface area (Å²) in [6, 6.07) is 7.84. The second-order valence-corrected chi connectivity index (χ2v) is 8.46. The van der Waals surface area contributed by atoms with Crippen LogP contribution in [0.5, 0.6) is 0 Å². The Labute approximate surface area is 179 Å². The lowest BCUT2D eigenvalue weighted by Crippen LogP contribution is -2.32. The molecule has 2 atom stereocenters. The van der Waals surface area contributed by atoms with Crippen molar-refractivity contribution in [1.82, 2.24) is 9.88 Å². The third kappa shape index (κ3) is 4.55. The highest BCUT2D eigenvalue weighted by atomic mass is 32.2. The van der Waals surface area contributed by atoms with E-state index in [9.17, 15) is 28.0 Å². The third-order valence-electron chi connectivity index (χ3n) is 4.93. The van der Waals surface area contributed by atoms with Gasteiger partial charge in [-0.15, -0.1) is 0 Å². The summed E-state index contributed by atoms with van der Waals surface area (Å²) in [6.07, 6.45) is 0. The van der Waals surface area contributed by atoms with Gasteiger partial charge in [0.2, 0.25) is 5.75 Å². The highest BCUT2D eigenvalue weighted by Gasteiger charge is 2.22. The summed E-state index contributed by atoms with van der Waals surface area (Å²) in [5.41, 5.74) is 1.05. The quantitative estimate of drug-likeness (QED) is 0.479. The van der Waals surface area contributed by atoms with Gasteiger partial charge in [0.15, 0.2) is 16.5 Å². The first kappa shape index (κ1) is 22.7. The lowest BCUT2D eigenvalue weighted by molar-refractivity contribution is -0.134. The highest BCUT2D eigenvalue weighted by molar-refractivity contribution is 7.92. The average Bonchev–Trinajstić information content (AvgIpc) is 3.06. The molecule has 0 fully saturated rings. The van der Waals surface area contributed by atoms with Crippen molar-refractivity contribution in [3.63, 3.8) is 0 Å². The normalized spacial score (nSPS) is 13.2. The predicted octanol–water partition coefficient (Wildman–Crippen LogP) is 2.42. The maximum Gasteiger partial charge on any atom is 0.354 e. The molecule has 0 aliphatic rings. The van der Waals surface area contributed by atoms with E-state index in [2.05, 4.69) is 5.32 Å². The van der Waals surface area contributed by atoms with Crippen molar-refractivity contribution in [2.24, 2.45) is 7.05 Å². The molecule has 1 aromatic heterocycles. The van der Waals surface area contributed by atoms with Crippen LogP contribution < -0.4 is 5.32 Å². The third-order valence-corrected chi connectivity index (χ3v) is 6.24. The fraction of sp³-hybridized carbons (Fsp3) is 0.238. The molecular formula is C21H20F2N2O5S. The van der Waals surface area contributed by atoms with E-state index in [0.29, 0.717) is 16.0 Å². The number of aliphatic hydroxyl groups is 1. The molecule has 0 saturated heterocycles. The van der Waals surface area contributed by atoms with E-state index in [1.54, 1.807) is 7.05 Å². The number of amides is 1. The van der Waals surface area contributed by atoms with E-state index in [0.717, 1.165) is 0 Å². The van der Waals surface area contributed by atoms with Crippen molar-refractivity contribution in [1.29, 1.82) is 0 Å². The van der Waals surface area contributed by atoms with Crippen LogP contribution in [-0.4, -0.2) is 43.6 Å². The molecule has 164 valence electrons. The first-order valence-corrected chi connectivity index (χ1v) is 10.5. The van der Waals surface area contributed by atoms with Crippen molar-refractivity contribution >= 4 is 34.0 Å². The Bertz CT molecular complexity index is 1150. The van der Waals surface area contributed by atoms with Gasteiger partial charge >= 0.3 is 5.97 Å². The minimum atomic E-state index is -1.71. The summed E-state index contributed by atoms with van der Waals surface area (Å²) in [6.45, 7) is 0.981. The molecule has 3 N–H and O–H groups in total. The number of rotatable bonds is 7. The van der Waals surface area contributed by atoms with E-state index in [1.165, 1.54) is 47.9 Å². The van der Waals surface area contributed by atoms with Gasteiger partial charge in [0.05, 0.1) is 18.2 Å². The predicted molar refractivity (Wildman–Crippen MR) is 110 cm³/mol. The van der Waals surface area contributed by atoms with Gasteiger partial charge < -0.3 is 24.6 Å². The molecule has 31 heavy (non-hydrogen) atoms. The number of carboxylic acid groups (broad SMARTS) is 1. The zero-order valence-corrected chi connectivity index (χ0v) is 17.5. The molecule has 7 nitrogen and oxygen atoms in total. The van der Waals surface area contributed by atoms with Crippen LogP contribution in [-0.2, 0) is 23.0 Å². The lowest BCUT2D eigenvalue weighted by Gasteiger charge is -2.17. The summed E-state index contributed by atoms with van der Waals surface area (Å²) < 4.78 is 41.5. The van der Waals surface area contributed by atoms with Crippen LogP contribution in [0.15, 0.2) is 41.3 Å². The standard InChI is InChI=1S/C21H20F2N2O5S/c1-11-7-16-14(20(23)19(11)22)8-17(25(16)2)21(29)24-15(9-26)12-3-5-13(6-4-12)31(30)10-18(27)28/h3-8,15,26H,9-10H2,1-2H3,(H,24,29)(H,27,28)/t15-,31+/m1/s1. The number of carbonyl (C=O) groups excluding carboxylic acids is 1. The summed E-state index contributed by atoms with van der Waals surface area (Å²) in [4.78, 5) is 23.8. The number of fused-ring (bicyclic) bond motifs is 1. The van der Waals surface area contributed by atoms with E-state index in [1.807, 2.05) is 0 Å². The lowest BCUT2D eigenvalue weighted by atomic mass is 10.1. The number of hydrogen-bond donors (Lipinski definition) is 3. The number of hydrogen-bond acceptors (Lipinski definition) is 4. The van der Waals surface area contributed by atoms with Gasteiger partial charge in [-0.25, -0.2) is 13.6 Å². The summed E-state index contributed by atoms with van der Waals surface area (Å²) in [7, 11) is 1.55. The molecule has 3 rings (SSSR count). The van der Waals surface area contributed by atoms with Gasteiger partial charge in [0, 0.05) is 12.4 Å². The Kier molecular flexibility index (Phi) is 6.63. The topological polar surface area (TPSA) is 115 Å². The number of aliphatic carboxylic acids is 1. The molecule has 3 aromatic rings. The maximum atomic E-state index is 14.3. The van der Waals surface area contributed by atoms with Crippen molar-refractivity contribution < 1.29 is 33.1 Å². The molecular weight excluding hydrogens is 430 g/mol. The van der Waals surface area contributed by atoms with Gasteiger partial charge in [0.25, 0.3) is 5.91 Å². The number of aliphatic hydroxyl groups excluding tert-OH is 1. The SMILES string of the molecule is Cc1cc2c(cc(C(=O)N[C@H](CO)c3ccc([S@@+]([O-])CC(=O)O)cc3)n2C)c(F)c1F. The van der Waals surface area contributed by atoms with Crippen LogP contribution in [0, 0.1) is 18.6 Å². The number of halogens is 2.